The van der Waals surface area contributed by atoms with Crippen molar-refractivity contribution in [2.45, 2.75) is 69.9 Å². The fourth-order valence-electron chi connectivity index (χ4n) is 4.69. The lowest BCUT2D eigenvalue weighted by Crippen LogP contribution is -2.68. The molecule has 0 bridgehead atoms. The van der Waals surface area contributed by atoms with Crippen molar-refractivity contribution in [1.82, 2.24) is 10.6 Å². The number of nitrogens with one attached hydrogen (secondary N) is 2. The lowest BCUT2D eigenvalue weighted by atomic mass is 9.88. The minimum Gasteiger partial charge on any atom is -0.477 e. The molecule has 0 spiro atoms. The molecule has 6 atom stereocenters. The summed E-state index contributed by atoms with van der Waals surface area (Å²) in [6.07, 6.45) is -6.48. The SMILES string of the molecule is CCSCCCO[C@]1(C(=O)O)CC(O)[C@@H](NC(C)=O)C(C(O)[C@H](O)CNC(=O)c2ccc(-c3ccc(C)cc3)cc2)O1. The maximum atomic E-state index is 12.8. The third-order valence-electron chi connectivity index (χ3n) is 6.98. The fourth-order valence-corrected chi connectivity index (χ4v) is 5.30. The van der Waals surface area contributed by atoms with Gasteiger partial charge in [-0.3, -0.25) is 9.59 Å². The predicted molar refractivity (Wildman–Crippen MR) is 158 cm³/mol. The Kier molecular flexibility index (Phi) is 12.3. The Balaban J connectivity index is 1.68. The molecule has 1 aliphatic heterocycles. The number of benzene rings is 2. The van der Waals surface area contributed by atoms with Crippen LogP contribution >= 0.6 is 11.8 Å². The van der Waals surface area contributed by atoms with Gasteiger partial charge in [-0.15, -0.1) is 0 Å². The lowest BCUT2D eigenvalue weighted by molar-refractivity contribution is -0.310. The molecule has 3 unspecified atom stereocenters. The molecule has 0 saturated carbocycles. The van der Waals surface area contributed by atoms with E-state index in [-0.39, 0.29) is 6.61 Å². The largest absolute Gasteiger partial charge is 0.477 e. The van der Waals surface area contributed by atoms with Crippen molar-refractivity contribution in [3.05, 3.63) is 59.7 Å². The number of ether oxygens (including phenoxy) is 2. The average Bonchev–Trinajstić information content (AvgIpc) is 2.96. The number of carbonyl (C=O) groups is 3. The Morgan fingerprint density at radius 1 is 1.10 bits per heavy atom. The summed E-state index contributed by atoms with van der Waals surface area (Å²) in [7, 11) is 0. The summed E-state index contributed by atoms with van der Waals surface area (Å²) in [5.74, 6) is -3.27. The molecule has 1 fully saturated rings. The lowest BCUT2D eigenvalue weighted by Gasteiger charge is -2.46. The van der Waals surface area contributed by atoms with Crippen molar-refractivity contribution in [3.8, 4) is 11.1 Å². The molecule has 3 rings (SSSR count). The molecule has 0 aliphatic carbocycles. The molecule has 0 aromatic heterocycles. The fraction of sp³-hybridized carbons (Fsp3) is 0.500. The van der Waals surface area contributed by atoms with E-state index in [1.807, 2.05) is 38.1 Å². The highest BCUT2D eigenvalue weighted by molar-refractivity contribution is 7.99. The maximum absolute atomic E-state index is 12.8. The molecular weight excluding hydrogens is 564 g/mol. The first-order valence-corrected chi connectivity index (χ1v) is 15.0. The Bertz CT molecular complexity index is 1190. The molecular formula is C30H40N2O9S. The molecule has 2 aromatic rings. The molecule has 2 aromatic carbocycles. The topological polar surface area (TPSA) is 175 Å². The van der Waals surface area contributed by atoms with Crippen LogP contribution in [-0.4, -0.2) is 99.1 Å². The molecule has 0 radical (unpaired) electrons. The van der Waals surface area contributed by atoms with Gasteiger partial charge >= 0.3 is 5.97 Å². The van der Waals surface area contributed by atoms with E-state index in [2.05, 4.69) is 10.6 Å². The molecule has 12 heteroatoms. The second kappa shape index (κ2) is 15.5. The Morgan fingerprint density at radius 2 is 1.71 bits per heavy atom. The predicted octanol–water partition coefficient (Wildman–Crippen LogP) is 1.71. The smallest absolute Gasteiger partial charge is 0.364 e. The Morgan fingerprint density at radius 3 is 2.29 bits per heavy atom. The van der Waals surface area contributed by atoms with Crippen molar-refractivity contribution >= 4 is 29.5 Å². The Hall–Kier alpha value is -3.00. The quantitative estimate of drug-likeness (QED) is 0.174. The van der Waals surface area contributed by atoms with Crippen LogP contribution in [0.2, 0.25) is 0 Å². The number of amides is 2. The number of hydrogen-bond donors (Lipinski definition) is 6. The van der Waals surface area contributed by atoms with Crippen LogP contribution in [0.3, 0.4) is 0 Å². The summed E-state index contributed by atoms with van der Waals surface area (Å²) < 4.78 is 11.3. The van der Waals surface area contributed by atoms with E-state index in [1.165, 1.54) is 6.92 Å². The van der Waals surface area contributed by atoms with Crippen molar-refractivity contribution in [1.29, 1.82) is 0 Å². The molecule has 1 heterocycles. The van der Waals surface area contributed by atoms with Crippen molar-refractivity contribution < 1.29 is 44.3 Å². The number of aryl methyl sites for hydroxylation is 1. The number of aliphatic hydroxyl groups is 3. The number of carboxylic acid groups (broad SMARTS) is 1. The number of thioether (sulfide) groups is 1. The first-order valence-electron chi connectivity index (χ1n) is 13.9. The standard InChI is InChI=1S/C30H40N2O9S/c1-4-42-15-5-14-40-30(29(38)39)16-23(34)25(32-19(3)33)27(41-30)26(36)24(35)17-31-28(37)22-12-10-21(11-13-22)20-8-6-18(2)7-9-20/h6-13,23-27,34-36H,4-5,14-17H2,1-3H3,(H,31,37)(H,32,33)(H,38,39)/t23?,24-,25-,26?,27?,30-/m1/s1. The zero-order valence-corrected chi connectivity index (χ0v) is 24.8. The highest BCUT2D eigenvalue weighted by Gasteiger charge is 2.55. The van der Waals surface area contributed by atoms with Gasteiger partial charge < -0.3 is 40.5 Å². The van der Waals surface area contributed by atoms with Gasteiger partial charge in [0.15, 0.2) is 0 Å². The van der Waals surface area contributed by atoms with Gasteiger partial charge in [0.1, 0.15) is 12.2 Å². The van der Waals surface area contributed by atoms with E-state index >= 15 is 0 Å². The van der Waals surface area contributed by atoms with Crippen LogP contribution in [0.1, 0.15) is 42.6 Å². The molecule has 6 N–H and O–H groups in total. The minimum atomic E-state index is -2.31. The van der Waals surface area contributed by atoms with E-state index in [9.17, 15) is 34.8 Å². The first-order chi connectivity index (χ1) is 20.0. The Labute approximate surface area is 249 Å². The van der Waals surface area contributed by atoms with Crippen LogP contribution in [0.15, 0.2) is 48.5 Å². The van der Waals surface area contributed by atoms with E-state index in [1.54, 1.807) is 36.0 Å². The van der Waals surface area contributed by atoms with E-state index in [4.69, 9.17) is 9.47 Å². The summed E-state index contributed by atoms with van der Waals surface area (Å²) in [5.41, 5.74) is 3.38. The molecule has 1 aliphatic rings. The van der Waals surface area contributed by atoms with Crippen LogP contribution in [0.25, 0.3) is 11.1 Å². The number of carbonyl (C=O) groups excluding carboxylic acids is 2. The third-order valence-corrected chi connectivity index (χ3v) is 7.96. The van der Waals surface area contributed by atoms with Crippen molar-refractivity contribution in [2.24, 2.45) is 0 Å². The van der Waals surface area contributed by atoms with Crippen LogP contribution < -0.4 is 10.6 Å². The molecule has 230 valence electrons. The molecule has 2 amide bonds. The van der Waals surface area contributed by atoms with Gasteiger partial charge in [-0.05, 0) is 48.1 Å². The van der Waals surface area contributed by atoms with Gasteiger partial charge in [0.05, 0.1) is 24.9 Å². The number of carboxylic acids is 1. The zero-order valence-electron chi connectivity index (χ0n) is 24.0. The summed E-state index contributed by atoms with van der Waals surface area (Å²) in [6.45, 7) is 4.78. The van der Waals surface area contributed by atoms with Crippen molar-refractivity contribution in [2.75, 3.05) is 24.7 Å². The third kappa shape index (κ3) is 8.76. The minimum absolute atomic E-state index is 0.0148. The van der Waals surface area contributed by atoms with Gasteiger partial charge in [0.2, 0.25) is 5.91 Å². The number of rotatable bonds is 14. The zero-order chi connectivity index (χ0) is 30.9. The van der Waals surface area contributed by atoms with E-state index in [0.717, 1.165) is 28.2 Å². The van der Waals surface area contributed by atoms with Gasteiger partial charge in [0.25, 0.3) is 11.7 Å². The average molecular weight is 605 g/mol. The summed E-state index contributed by atoms with van der Waals surface area (Å²) in [6, 6.07) is 13.6. The number of aliphatic hydroxyl groups excluding tert-OH is 3. The van der Waals surface area contributed by atoms with Gasteiger partial charge in [-0.25, -0.2) is 4.79 Å². The highest BCUT2D eigenvalue weighted by atomic mass is 32.2. The van der Waals surface area contributed by atoms with Crippen LogP contribution in [0.4, 0.5) is 0 Å². The summed E-state index contributed by atoms with van der Waals surface area (Å²) in [5, 5.41) is 47.6. The van der Waals surface area contributed by atoms with Crippen molar-refractivity contribution in [3.63, 3.8) is 0 Å². The van der Waals surface area contributed by atoms with Crippen LogP contribution in [-0.2, 0) is 19.1 Å². The van der Waals surface area contributed by atoms with E-state index in [0.29, 0.717) is 12.0 Å². The second-order valence-electron chi connectivity index (χ2n) is 10.2. The second-order valence-corrected chi connectivity index (χ2v) is 11.6. The first kappa shape index (κ1) is 33.5. The van der Waals surface area contributed by atoms with E-state index < -0.39 is 67.0 Å². The summed E-state index contributed by atoms with van der Waals surface area (Å²) >= 11 is 1.65. The highest BCUT2D eigenvalue weighted by Crippen LogP contribution is 2.34. The maximum Gasteiger partial charge on any atom is 0.364 e. The normalized spacial score (nSPS) is 23.5. The van der Waals surface area contributed by atoms with Gasteiger partial charge in [-0.2, -0.15) is 11.8 Å². The molecule has 11 nitrogen and oxygen atoms in total. The molecule has 42 heavy (non-hydrogen) atoms. The van der Waals surface area contributed by atoms with Gasteiger partial charge in [-0.1, -0.05) is 48.9 Å². The van der Waals surface area contributed by atoms with Crippen LogP contribution in [0, 0.1) is 6.92 Å². The molecule has 1 saturated heterocycles. The number of aliphatic carboxylic acids is 1. The summed E-state index contributed by atoms with van der Waals surface area (Å²) in [4.78, 5) is 36.8. The van der Waals surface area contributed by atoms with Crippen LogP contribution in [0.5, 0.6) is 0 Å². The number of hydrogen-bond acceptors (Lipinski definition) is 9. The van der Waals surface area contributed by atoms with Gasteiger partial charge in [0, 0.05) is 25.5 Å². The monoisotopic (exact) mass is 604 g/mol.